The van der Waals surface area contributed by atoms with Crippen LogP contribution in [-0.2, 0) is 9.53 Å². The molecule has 2 fully saturated rings. The normalized spacial score (nSPS) is 27.5. The van der Waals surface area contributed by atoms with Gasteiger partial charge in [0.25, 0.3) is 0 Å². The minimum Gasteiger partial charge on any atom is -0.508 e. The van der Waals surface area contributed by atoms with E-state index in [0.717, 1.165) is 31.4 Å². The summed E-state index contributed by atoms with van der Waals surface area (Å²) < 4.78 is 13.0. The van der Waals surface area contributed by atoms with Crippen LogP contribution < -0.4 is 10.1 Å². The van der Waals surface area contributed by atoms with Gasteiger partial charge in [-0.1, -0.05) is 6.07 Å². The number of piperidine rings is 1. The van der Waals surface area contributed by atoms with Gasteiger partial charge in [0.15, 0.2) is 0 Å². The summed E-state index contributed by atoms with van der Waals surface area (Å²) >= 11 is 0. The van der Waals surface area contributed by atoms with Gasteiger partial charge in [-0.05, 0) is 70.0 Å². The fourth-order valence-corrected chi connectivity index (χ4v) is 5.67. The third-order valence-electron chi connectivity index (χ3n) is 7.32. The Kier molecular flexibility index (Phi) is 5.73. The minimum atomic E-state index is -1.03. The molecule has 3 aliphatic heterocycles. The number of carboxylic acid groups (broad SMARTS) is 1. The highest BCUT2D eigenvalue weighted by Crippen LogP contribution is 2.52. The van der Waals surface area contributed by atoms with Crippen molar-refractivity contribution in [3.05, 3.63) is 53.6 Å². The summed E-state index contributed by atoms with van der Waals surface area (Å²) in [5.41, 5.74) is 1.09. The van der Waals surface area contributed by atoms with Crippen LogP contribution >= 0.6 is 0 Å². The molecule has 3 N–H and O–H groups in total. The third-order valence-corrected chi connectivity index (χ3v) is 7.32. The molecule has 1 amide bonds. The summed E-state index contributed by atoms with van der Waals surface area (Å²) in [6, 6.07) is 11.6. The number of carbonyl (C=O) groups is 2. The van der Waals surface area contributed by atoms with Gasteiger partial charge in [0.2, 0.25) is 5.91 Å². The first-order chi connectivity index (χ1) is 16.2. The first-order valence-corrected chi connectivity index (χ1v) is 11.8. The lowest BCUT2D eigenvalue weighted by molar-refractivity contribution is -0.189. The molecule has 0 spiro atoms. The van der Waals surface area contributed by atoms with Crippen LogP contribution in [0.1, 0.15) is 55.1 Å². The maximum atomic E-state index is 12.9. The number of likely N-dealkylation sites (tertiary alicyclic amines) is 1. The van der Waals surface area contributed by atoms with Crippen LogP contribution in [0, 0.1) is 5.92 Å². The number of ether oxygens (including phenoxy) is 2. The molecule has 2 saturated heterocycles. The largest absolute Gasteiger partial charge is 0.508 e. The quantitative estimate of drug-likeness (QED) is 0.629. The van der Waals surface area contributed by atoms with Crippen molar-refractivity contribution in [2.45, 2.75) is 57.0 Å². The lowest BCUT2D eigenvalue weighted by atomic mass is 9.72. The number of amides is 1. The van der Waals surface area contributed by atoms with Gasteiger partial charge in [-0.25, -0.2) is 4.79 Å². The zero-order valence-electron chi connectivity index (χ0n) is 19.4. The van der Waals surface area contributed by atoms with Crippen LogP contribution in [-0.4, -0.2) is 57.8 Å². The summed E-state index contributed by atoms with van der Waals surface area (Å²) in [4.78, 5) is 26.3. The highest BCUT2D eigenvalue weighted by Gasteiger charge is 2.52. The van der Waals surface area contributed by atoms with Crippen LogP contribution in [0.2, 0.25) is 0 Å². The molecule has 0 aliphatic carbocycles. The molecule has 5 rings (SSSR count). The summed E-state index contributed by atoms with van der Waals surface area (Å²) in [6.07, 6.45) is 2.59. The molecule has 4 atom stereocenters. The number of carbonyl (C=O) groups excluding carboxylic acids is 1. The van der Waals surface area contributed by atoms with Gasteiger partial charge in [0.1, 0.15) is 17.1 Å². The van der Waals surface area contributed by atoms with Gasteiger partial charge in [0, 0.05) is 29.3 Å². The number of anilines is 1. The number of nitrogens with one attached hydrogen (secondary N) is 1. The second kappa shape index (κ2) is 8.60. The number of nitrogens with zero attached hydrogens (tertiary/aromatic N) is 1. The van der Waals surface area contributed by atoms with Crippen molar-refractivity contribution in [3.8, 4) is 11.5 Å². The highest BCUT2D eigenvalue weighted by atomic mass is 16.5. The monoisotopic (exact) mass is 466 g/mol. The summed E-state index contributed by atoms with van der Waals surface area (Å²) in [7, 11) is 0. The van der Waals surface area contributed by atoms with Gasteiger partial charge >= 0.3 is 5.97 Å². The number of aromatic hydroxyl groups is 1. The molecule has 3 aliphatic rings. The Balaban J connectivity index is 1.32. The molecule has 3 heterocycles. The summed E-state index contributed by atoms with van der Waals surface area (Å²) in [6.45, 7) is 5.12. The Hall–Kier alpha value is -3.10. The SMILES string of the molecule is CC1(C)Oc2cc(O)ccc2[C@@H]2O[C@@H]3CCCN(CC(=O)Nc4cccc(C(=O)O)c4)[C@@H]3C[C@H]21. The molecule has 8 heteroatoms. The third kappa shape index (κ3) is 4.23. The lowest BCUT2D eigenvalue weighted by Crippen LogP contribution is -2.59. The average molecular weight is 467 g/mol. The van der Waals surface area contributed by atoms with Gasteiger partial charge in [-0.3, -0.25) is 9.69 Å². The topological polar surface area (TPSA) is 108 Å². The van der Waals surface area contributed by atoms with Crippen molar-refractivity contribution in [1.82, 2.24) is 4.90 Å². The van der Waals surface area contributed by atoms with E-state index < -0.39 is 11.6 Å². The highest BCUT2D eigenvalue weighted by molar-refractivity contribution is 5.94. The number of carboxylic acids is 1. The second-order valence-corrected chi connectivity index (χ2v) is 9.98. The van der Waals surface area contributed by atoms with Gasteiger partial charge in [-0.15, -0.1) is 0 Å². The van der Waals surface area contributed by atoms with Crippen molar-refractivity contribution in [2.24, 2.45) is 5.92 Å². The summed E-state index contributed by atoms with van der Waals surface area (Å²) in [5, 5.41) is 21.9. The molecule has 180 valence electrons. The van der Waals surface area contributed by atoms with Gasteiger partial charge in [0.05, 0.1) is 24.3 Å². The van der Waals surface area contributed by atoms with Crippen molar-refractivity contribution in [2.75, 3.05) is 18.4 Å². The number of benzene rings is 2. The van der Waals surface area contributed by atoms with E-state index in [2.05, 4.69) is 24.1 Å². The minimum absolute atomic E-state index is 0.00805. The first kappa shape index (κ1) is 22.7. The predicted molar refractivity (Wildman–Crippen MR) is 125 cm³/mol. The Labute approximate surface area is 198 Å². The van der Waals surface area contributed by atoms with Crippen LogP contribution in [0.5, 0.6) is 11.5 Å². The van der Waals surface area contributed by atoms with Crippen molar-refractivity contribution in [1.29, 1.82) is 0 Å². The molecule has 0 saturated carbocycles. The van der Waals surface area contributed by atoms with Crippen LogP contribution in [0.15, 0.2) is 42.5 Å². The van der Waals surface area contributed by atoms with E-state index in [9.17, 15) is 19.8 Å². The molecular weight excluding hydrogens is 436 g/mol. The maximum absolute atomic E-state index is 12.9. The zero-order chi connectivity index (χ0) is 24.0. The fourth-order valence-electron chi connectivity index (χ4n) is 5.67. The Bertz CT molecular complexity index is 1120. The molecule has 8 nitrogen and oxygen atoms in total. The van der Waals surface area contributed by atoms with Crippen LogP contribution in [0.25, 0.3) is 0 Å². The second-order valence-electron chi connectivity index (χ2n) is 9.98. The molecule has 34 heavy (non-hydrogen) atoms. The lowest BCUT2D eigenvalue weighted by Gasteiger charge is -2.54. The van der Waals surface area contributed by atoms with E-state index in [1.54, 1.807) is 24.3 Å². The standard InChI is InChI=1S/C26H30N2O6/c1-26(2)19-13-20-21(33-24(19)18-9-8-17(29)12-22(18)34-26)7-4-10-28(20)14-23(30)27-16-6-3-5-15(11-16)25(31)32/h3,5-6,8-9,11-12,19-21,24,29H,4,7,10,13-14H2,1-2H3,(H,27,30)(H,31,32)/t19-,20-,21-,24+/m1/s1. The number of phenols is 1. The average Bonchev–Trinajstić information content (AvgIpc) is 2.78. The Morgan fingerprint density at radius 3 is 2.82 bits per heavy atom. The van der Waals surface area contributed by atoms with E-state index in [0.29, 0.717) is 11.4 Å². The molecule has 0 bridgehead atoms. The number of aromatic carboxylic acids is 1. The molecule has 2 aromatic rings. The first-order valence-electron chi connectivity index (χ1n) is 11.8. The zero-order valence-corrected chi connectivity index (χ0v) is 19.4. The number of phenolic OH excluding ortho intramolecular Hbond substituents is 1. The van der Waals surface area contributed by atoms with Gasteiger partial charge < -0.3 is 25.0 Å². The van der Waals surface area contributed by atoms with Crippen LogP contribution in [0.4, 0.5) is 5.69 Å². The fraction of sp³-hybridized carbons (Fsp3) is 0.462. The van der Waals surface area contributed by atoms with E-state index in [-0.39, 0.29) is 47.9 Å². The molecule has 0 radical (unpaired) electrons. The van der Waals surface area contributed by atoms with Crippen molar-refractivity contribution < 1.29 is 29.3 Å². The van der Waals surface area contributed by atoms with E-state index in [4.69, 9.17) is 9.47 Å². The van der Waals surface area contributed by atoms with E-state index >= 15 is 0 Å². The van der Waals surface area contributed by atoms with Crippen molar-refractivity contribution >= 4 is 17.6 Å². The molecule has 0 unspecified atom stereocenters. The summed E-state index contributed by atoms with van der Waals surface area (Å²) in [5.74, 6) is -0.268. The van der Waals surface area contributed by atoms with E-state index in [1.165, 1.54) is 12.1 Å². The predicted octanol–water partition coefficient (Wildman–Crippen LogP) is 3.81. The number of rotatable bonds is 4. The van der Waals surface area contributed by atoms with Gasteiger partial charge in [-0.2, -0.15) is 0 Å². The Morgan fingerprint density at radius 2 is 2.03 bits per heavy atom. The Morgan fingerprint density at radius 1 is 1.21 bits per heavy atom. The molecule has 0 aromatic heterocycles. The van der Waals surface area contributed by atoms with Crippen LogP contribution in [0.3, 0.4) is 0 Å². The van der Waals surface area contributed by atoms with E-state index in [1.807, 2.05) is 6.07 Å². The molecule has 2 aromatic carbocycles. The number of hydrogen-bond donors (Lipinski definition) is 3. The molecular formula is C26H30N2O6. The maximum Gasteiger partial charge on any atom is 0.335 e. The number of fused-ring (bicyclic) bond motifs is 4. The van der Waals surface area contributed by atoms with Crippen molar-refractivity contribution in [3.63, 3.8) is 0 Å². The number of hydrogen-bond acceptors (Lipinski definition) is 6. The smallest absolute Gasteiger partial charge is 0.335 e.